The van der Waals surface area contributed by atoms with Crippen LogP contribution in [-0.2, 0) is 28.8 Å². The first-order valence-corrected chi connectivity index (χ1v) is 17.6. The Hall–Kier alpha value is -5.85. The maximum absolute atomic E-state index is 13.8. The summed E-state index contributed by atoms with van der Waals surface area (Å²) in [6.45, 7) is 3.54. The molecule has 0 saturated carbocycles. The van der Waals surface area contributed by atoms with E-state index in [0.29, 0.717) is 6.42 Å². The molecule has 0 radical (unpaired) electrons. The zero-order chi connectivity index (χ0) is 42.1. The van der Waals surface area contributed by atoms with E-state index >= 15 is 0 Å². The molecule has 0 aromatic rings. The van der Waals surface area contributed by atoms with Crippen LogP contribution in [-0.4, -0.2) is 122 Å². The first-order chi connectivity index (χ1) is 25.7. The lowest BCUT2D eigenvalue weighted by Crippen LogP contribution is -2.59. The number of halogens is 1. The van der Waals surface area contributed by atoms with Gasteiger partial charge in [0.1, 0.15) is 30.2 Å². The quantitative estimate of drug-likeness (QED) is 0.0208. The number of nitrogens with two attached hydrogens (primary N) is 6. The van der Waals surface area contributed by atoms with Gasteiger partial charge in [0.15, 0.2) is 23.8 Å². The SMILES string of the molecule is C[C@@H](N)C(=O)N[C@H](CCCNC(=N)N)C(=O)N[C@H](CCCNC(=N)N)C(=O)N[C@H](CCCNC(=N)N)C(=O)N[C@H](C)C(=O)N[C@H](CCCNC(=N)N)C(N)=O.Cl. The molecule has 320 valence electrons. The van der Waals surface area contributed by atoms with Gasteiger partial charge in [-0.1, -0.05) is 0 Å². The topological polar surface area (TPSA) is 462 Å². The molecular formula is C30H62ClN19O6. The average Bonchev–Trinajstić information content (AvgIpc) is 3.08. The molecule has 0 heterocycles. The molecule has 0 aromatic carbocycles. The maximum Gasteiger partial charge on any atom is 0.243 e. The molecule has 0 fully saturated rings. The van der Waals surface area contributed by atoms with Gasteiger partial charge in [-0.15, -0.1) is 12.4 Å². The third-order valence-electron chi connectivity index (χ3n) is 7.66. The molecule has 0 aliphatic rings. The average molecular weight is 820 g/mol. The summed E-state index contributed by atoms with van der Waals surface area (Å²) in [5.74, 6) is -5.71. The fraction of sp³-hybridized carbons (Fsp3) is 0.667. The Morgan fingerprint density at radius 2 is 0.714 bits per heavy atom. The molecule has 0 bridgehead atoms. The zero-order valence-corrected chi connectivity index (χ0v) is 32.6. The predicted molar refractivity (Wildman–Crippen MR) is 212 cm³/mol. The lowest BCUT2D eigenvalue weighted by atomic mass is 10.0. The molecule has 25 nitrogen and oxygen atoms in total. The Kier molecular flexibility index (Phi) is 26.7. The monoisotopic (exact) mass is 819 g/mol. The van der Waals surface area contributed by atoms with Crippen LogP contribution in [0.2, 0.25) is 0 Å². The molecule has 6 amide bonds. The van der Waals surface area contributed by atoms with E-state index in [-0.39, 0.29) is 107 Å². The van der Waals surface area contributed by atoms with Crippen LogP contribution < -0.4 is 82.3 Å². The van der Waals surface area contributed by atoms with Crippen molar-refractivity contribution in [1.82, 2.24) is 47.9 Å². The number of guanidine groups is 4. The van der Waals surface area contributed by atoms with E-state index in [9.17, 15) is 28.8 Å². The van der Waals surface area contributed by atoms with Crippen molar-refractivity contribution in [3.05, 3.63) is 0 Å². The van der Waals surface area contributed by atoms with E-state index in [1.807, 2.05) is 0 Å². The summed E-state index contributed by atoms with van der Waals surface area (Å²) in [6.07, 6.45) is 1.23. The van der Waals surface area contributed by atoms with E-state index in [0.717, 1.165) is 0 Å². The van der Waals surface area contributed by atoms with Crippen molar-refractivity contribution in [2.24, 2.45) is 34.4 Å². The summed E-state index contributed by atoms with van der Waals surface area (Å²) in [7, 11) is 0. The lowest BCUT2D eigenvalue weighted by molar-refractivity contribution is -0.135. The highest BCUT2D eigenvalue weighted by atomic mass is 35.5. The Balaban J connectivity index is 0. The van der Waals surface area contributed by atoms with Crippen LogP contribution >= 0.6 is 12.4 Å². The van der Waals surface area contributed by atoms with Crippen LogP contribution in [0.1, 0.15) is 65.2 Å². The molecule has 0 saturated heterocycles. The highest BCUT2D eigenvalue weighted by Gasteiger charge is 2.31. The minimum atomic E-state index is -1.28. The van der Waals surface area contributed by atoms with Crippen molar-refractivity contribution >= 4 is 71.7 Å². The minimum Gasteiger partial charge on any atom is -0.370 e. The Morgan fingerprint density at radius 3 is 1.00 bits per heavy atom. The number of carbonyl (C=O) groups is 6. The predicted octanol–water partition coefficient (Wildman–Crippen LogP) is -6.26. The van der Waals surface area contributed by atoms with Gasteiger partial charge in [0.25, 0.3) is 0 Å². The second kappa shape index (κ2) is 28.6. The molecular weight excluding hydrogens is 758 g/mol. The van der Waals surface area contributed by atoms with E-state index in [1.165, 1.54) is 13.8 Å². The second-order valence-corrected chi connectivity index (χ2v) is 12.6. The van der Waals surface area contributed by atoms with Crippen LogP contribution in [0.4, 0.5) is 0 Å². The van der Waals surface area contributed by atoms with Crippen LogP contribution in [0, 0.1) is 21.6 Å². The number of carbonyl (C=O) groups excluding carboxylic acids is 6. The molecule has 0 spiro atoms. The van der Waals surface area contributed by atoms with Crippen LogP contribution in [0.3, 0.4) is 0 Å². The van der Waals surface area contributed by atoms with Crippen LogP contribution in [0.15, 0.2) is 0 Å². The van der Waals surface area contributed by atoms with Gasteiger partial charge in [0.2, 0.25) is 35.4 Å². The van der Waals surface area contributed by atoms with Crippen molar-refractivity contribution in [1.29, 1.82) is 21.6 Å². The second-order valence-electron chi connectivity index (χ2n) is 12.6. The summed E-state index contributed by atoms with van der Waals surface area (Å²) < 4.78 is 0. The third-order valence-corrected chi connectivity index (χ3v) is 7.66. The molecule has 0 rings (SSSR count). The van der Waals surface area contributed by atoms with Crippen molar-refractivity contribution in [2.45, 2.75) is 101 Å². The molecule has 56 heavy (non-hydrogen) atoms. The number of nitrogens with one attached hydrogen (secondary N) is 13. The van der Waals surface area contributed by atoms with Crippen molar-refractivity contribution in [2.75, 3.05) is 26.2 Å². The molecule has 0 unspecified atom stereocenters. The standard InChI is InChI=1S/C30H61N19O6.ClH/c1-15(31)22(51)47-19(9-5-13-43-29(37)38)25(54)49-20(10-6-14-44-30(39)40)26(55)48-18(8-4-12-42-28(35)36)24(53)45-16(2)23(52)46-17(21(32)50)7-3-11-41-27(33)34;/h15-20H,3-14,31H2,1-2H3,(H2,32,50)(H,45,53)(H,46,52)(H,47,51)(H,48,55)(H,49,54)(H4,33,34,41)(H4,35,36,42)(H4,37,38,43)(H4,39,40,44);1H/t15-,16-,17-,18-,19-,20-;/m1./s1. The smallest absolute Gasteiger partial charge is 0.243 e. The number of rotatable bonds is 27. The largest absolute Gasteiger partial charge is 0.370 e. The van der Waals surface area contributed by atoms with Crippen molar-refractivity contribution < 1.29 is 28.8 Å². The molecule has 0 aliphatic heterocycles. The molecule has 0 aromatic heterocycles. The van der Waals surface area contributed by atoms with Crippen LogP contribution in [0.25, 0.3) is 0 Å². The number of amides is 6. The van der Waals surface area contributed by atoms with Crippen LogP contribution in [0.5, 0.6) is 0 Å². The van der Waals surface area contributed by atoms with Gasteiger partial charge >= 0.3 is 0 Å². The highest BCUT2D eigenvalue weighted by molar-refractivity contribution is 5.96. The van der Waals surface area contributed by atoms with E-state index in [1.54, 1.807) is 0 Å². The highest BCUT2D eigenvalue weighted by Crippen LogP contribution is 2.06. The molecule has 6 atom stereocenters. The number of hydrogen-bond acceptors (Lipinski definition) is 11. The normalized spacial score (nSPS) is 13.6. The summed E-state index contributed by atoms with van der Waals surface area (Å²) in [5, 5.41) is 52.4. The van der Waals surface area contributed by atoms with Gasteiger partial charge in [-0.25, -0.2) is 0 Å². The third kappa shape index (κ3) is 24.5. The number of hydrogen-bond donors (Lipinski definition) is 19. The molecule has 26 heteroatoms. The fourth-order valence-electron chi connectivity index (χ4n) is 4.73. The fourth-order valence-corrected chi connectivity index (χ4v) is 4.73. The summed E-state index contributed by atoms with van der Waals surface area (Å²) in [5.41, 5.74) is 32.4. The van der Waals surface area contributed by atoms with E-state index < -0.39 is 71.7 Å². The zero-order valence-electron chi connectivity index (χ0n) is 31.8. The van der Waals surface area contributed by atoms with Crippen molar-refractivity contribution in [3.63, 3.8) is 0 Å². The Morgan fingerprint density at radius 1 is 0.446 bits per heavy atom. The lowest BCUT2D eigenvalue weighted by Gasteiger charge is -2.27. The van der Waals surface area contributed by atoms with E-state index in [4.69, 9.17) is 56.0 Å². The molecule has 0 aliphatic carbocycles. The summed E-state index contributed by atoms with van der Waals surface area (Å²) >= 11 is 0. The summed E-state index contributed by atoms with van der Waals surface area (Å²) in [6, 6.07) is -6.96. The first-order valence-electron chi connectivity index (χ1n) is 17.6. The minimum absolute atomic E-state index is 0. The number of primary amides is 1. The van der Waals surface area contributed by atoms with Gasteiger partial charge in [-0.2, -0.15) is 0 Å². The first kappa shape index (κ1) is 52.3. The maximum atomic E-state index is 13.8. The van der Waals surface area contributed by atoms with E-state index in [2.05, 4.69) is 47.9 Å². The van der Waals surface area contributed by atoms with Gasteiger partial charge in [-0.3, -0.25) is 50.4 Å². The summed E-state index contributed by atoms with van der Waals surface area (Å²) in [4.78, 5) is 78.3. The molecule has 25 N–H and O–H groups in total. The van der Waals surface area contributed by atoms with Gasteiger partial charge < -0.3 is 82.3 Å². The Bertz CT molecular complexity index is 1350. The van der Waals surface area contributed by atoms with Gasteiger partial charge in [0.05, 0.1) is 6.04 Å². The Labute approximate surface area is 331 Å². The van der Waals surface area contributed by atoms with Gasteiger partial charge in [-0.05, 0) is 65.2 Å². The van der Waals surface area contributed by atoms with Crippen molar-refractivity contribution in [3.8, 4) is 0 Å². The van der Waals surface area contributed by atoms with Gasteiger partial charge in [0, 0.05) is 26.2 Å².